The fourth-order valence-corrected chi connectivity index (χ4v) is 2.94. The number of halogens is 1. The maximum absolute atomic E-state index is 5.68. The van der Waals surface area contributed by atoms with E-state index in [-0.39, 0.29) is 0 Å². The second-order valence-electron chi connectivity index (χ2n) is 3.63. The van der Waals surface area contributed by atoms with Gasteiger partial charge in [-0.3, -0.25) is 0 Å². The Kier molecular flexibility index (Phi) is 4.08. The minimum atomic E-state index is 0.560. The third-order valence-corrected chi connectivity index (χ3v) is 4.18. The van der Waals surface area contributed by atoms with Crippen molar-refractivity contribution >= 4 is 32.4 Å². The fraction of sp³-hybridized carbons (Fsp3) is 0.250. The number of rotatable bonds is 4. The molecular formula is C12H13BrN2O2S. The summed E-state index contributed by atoms with van der Waals surface area (Å²) in [4.78, 5) is 4.29. The van der Waals surface area contributed by atoms with Crippen molar-refractivity contribution in [3.8, 4) is 11.5 Å². The Hall–Kier alpha value is -1.27. The first kappa shape index (κ1) is 13.2. The van der Waals surface area contributed by atoms with Crippen LogP contribution in [0.1, 0.15) is 11.3 Å². The van der Waals surface area contributed by atoms with Crippen LogP contribution in [0.3, 0.4) is 0 Å². The number of benzene rings is 1. The molecule has 1 heterocycles. The average molecular weight is 329 g/mol. The van der Waals surface area contributed by atoms with E-state index in [1.165, 1.54) is 11.3 Å². The van der Waals surface area contributed by atoms with Gasteiger partial charge < -0.3 is 15.2 Å². The second-order valence-corrected chi connectivity index (χ2v) is 5.98. The highest BCUT2D eigenvalue weighted by Gasteiger charge is 2.11. The summed E-state index contributed by atoms with van der Waals surface area (Å²) in [5.74, 6) is 1.56. The summed E-state index contributed by atoms with van der Waals surface area (Å²) in [6, 6.07) is 5.74. The van der Waals surface area contributed by atoms with Crippen molar-refractivity contribution in [2.24, 2.45) is 0 Å². The van der Waals surface area contributed by atoms with Crippen molar-refractivity contribution in [3.05, 3.63) is 33.2 Å². The summed E-state index contributed by atoms with van der Waals surface area (Å²) in [6.07, 6.45) is 0.668. The zero-order valence-electron chi connectivity index (χ0n) is 10.1. The smallest absolute Gasteiger partial charge is 0.181 e. The molecule has 0 fully saturated rings. The maximum atomic E-state index is 5.68. The number of aromatic nitrogens is 1. The monoisotopic (exact) mass is 328 g/mol. The molecule has 0 saturated carbocycles. The quantitative estimate of drug-likeness (QED) is 0.936. The average Bonchev–Trinajstić information content (AvgIpc) is 2.68. The third kappa shape index (κ3) is 2.76. The molecule has 0 aliphatic rings. The molecule has 2 N–H and O–H groups in total. The van der Waals surface area contributed by atoms with Crippen LogP contribution in [0.25, 0.3) is 0 Å². The first-order valence-electron chi connectivity index (χ1n) is 5.25. The maximum Gasteiger partial charge on any atom is 0.181 e. The molecule has 96 valence electrons. The molecule has 2 rings (SSSR count). The first-order chi connectivity index (χ1) is 8.63. The molecule has 0 atom stereocenters. The van der Waals surface area contributed by atoms with Crippen LogP contribution in [-0.4, -0.2) is 19.2 Å². The number of nitrogens with two attached hydrogens (primary N) is 1. The van der Waals surface area contributed by atoms with Crippen LogP contribution in [-0.2, 0) is 6.42 Å². The number of anilines is 1. The van der Waals surface area contributed by atoms with Gasteiger partial charge in [0, 0.05) is 18.1 Å². The van der Waals surface area contributed by atoms with Crippen molar-refractivity contribution < 1.29 is 9.47 Å². The molecule has 0 radical (unpaired) electrons. The summed E-state index contributed by atoms with van der Waals surface area (Å²) in [5, 5.41) is 0.560. The predicted molar refractivity (Wildman–Crippen MR) is 76.6 cm³/mol. The van der Waals surface area contributed by atoms with Crippen molar-refractivity contribution in [2.45, 2.75) is 6.42 Å². The van der Waals surface area contributed by atoms with E-state index in [1.54, 1.807) is 14.2 Å². The molecule has 6 heteroatoms. The molecule has 0 amide bonds. The SMILES string of the molecule is COc1ccc(Cc2nc(N)sc2Br)c(OC)c1. The summed E-state index contributed by atoms with van der Waals surface area (Å²) >= 11 is 4.89. The zero-order valence-corrected chi connectivity index (χ0v) is 12.5. The Morgan fingerprint density at radius 2 is 2.11 bits per heavy atom. The fourth-order valence-electron chi connectivity index (χ4n) is 1.64. The number of ether oxygens (including phenoxy) is 2. The molecule has 0 aliphatic heterocycles. The Bertz CT molecular complexity index is 557. The number of methoxy groups -OCH3 is 2. The Morgan fingerprint density at radius 1 is 1.33 bits per heavy atom. The minimum Gasteiger partial charge on any atom is -0.497 e. The van der Waals surface area contributed by atoms with Crippen LogP contribution in [0, 0.1) is 0 Å². The van der Waals surface area contributed by atoms with Gasteiger partial charge in [-0.2, -0.15) is 0 Å². The Labute approximate surface area is 118 Å². The van der Waals surface area contributed by atoms with E-state index in [9.17, 15) is 0 Å². The van der Waals surface area contributed by atoms with Gasteiger partial charge in [-0.1, -0.05) is 17.4 Å². The summed E-state index contributed by atoms with van der Waals surface area (Å²) < 4.78 is 11.5. The van der Waals surface area contributed by atoms with Gasteiger partial charge in [-0.25, -0.2) is 4.98 Å². The lowest BCUT2D eigenvalue weighted by Gasteiger charge is -2.09. The number of nitrogen functional groups attached to an aromatic ring is 1. The largest absolute Gasteiger partial charge is 0.497 e. The molecule has 1 aromatic carbocycles. The van der Waals surface area contributed by atoms with Crippen LogP contribution < -0.4 is 15.2 Å². The van der Waals surface area contributed by atoms with E-state index in [0.717, 1.165) is 26.5 Å². The standard InChI is InChI=1S/C12H13BrN2O2S/c1-16-8-4-3-7(10(6-8)17-2)5-9-11(13)18-12(14)15-9/h3-4,6H,5H2,1-2H3,(H2,14,15). The van der Waals surface area contributed by atoms with Crippen LogP contribution in [0.15, 0.2) is 22.0 Å². The molecule has 2 aromatic rings. The highest BCUT2D eigenvalue weighted by molar-refractivity contribution is 9.11. The lowest BCUT2D eigenvalue weighted by atomic mass is 10.1. The molecule has 0 unspecified atom stereocenters. The van der Waals surface area contributed by atoms with E-state index >= 15 is 0 Å². The molecule has 0 spiro atoms. The first-order valence-corrected chi connectivity index (χ1v) is 6.86. The lowest BCUT2D eigenvalue weighted by molar-refractivity contribution is 0.391. The second kappa shape index (κ2) is 5.58. The van der Waals surface area contributed by atoms with Crippen molar-refractivity contribution in [2.75, 3.05) is 20.0 Å². The van der Waals surface area contributed by atoms with E-state index in [4.69, 9.17) is 15.2 Å². The lowest BCUT2D eigenvalue weighted by Crippen LogP contribution is -1.96. The number of hydrogen-bond donors (Lipinski definition) is 1. The van der Waals surface area contributed by atoms with Gasteiger partial charge in [0.1, 0.15) is 11.5 Å². The van der Waals surface area contributed by atoms with E-state index < -0.39 is 0 Å². The van der Waals surface area contributed by atoms with Gasteiger partial charge in [0.25, 0.3) is 0 Å². The summed E-state index contributed by atoms with van der Waals surface area (Å²) in [6.45, 7) is 0. The molecule has 1 aromatic heterocycles. The van der Waals surface area contributed by atoms with Crippen molar-refractivity contribution in [1.29, 1.82) is 0 Å². The molecule has 0 saturated heterocycles. The van der Waals surface area contributed by atoms with E-state index in [0.29, 0.717) is 11.6 Å². The van der Waals surface area contributed by atoms with Crippen molar-refractivity contribution in [1.82, 2.24) is 4.98 Å². The highest BCUT2D eigenvalue weighted by Crippen LogP contribution is 2.31. The van der Waals surface area contributed by atoms with E-state index in [2.05, 4.69) is 20.9 Å². The topological polar surface area (TPSA) is 57.4 Å². The van der Waals surface area contributed by atoms with Crippen LogP contribution in [0.4, 0.5) is 5.13 Å². The molecule has 0 aliphatic carbocycles. The van der Waals surface area contributed by atoms with Gasteiger partial charge in [-0.15, -0.1) is 0 Å². The van der Waals surface area contributed by atoms with Crippen LogP contribution in [0.5, 0.6) is 11.5 Å². The predicted octanol–water partition coefficient (Wildman–Crippen LogP) is 3.10. The number of nitrogens with zero attached hydrogens (tertiary/aromatic N) is 1. The Morgan fingerprint density at radius 3 is 2.67 bits per heavy atom. The van der Waals surface area contributed by atoms with Gasteiger partial charge in [0.05, 0.1) is 23.7 Å². The summed E-state index contributed by atoms with van der Waals surface area (Å²) in [5.41, 5.74) is 7.64. The van der Waals surface area contributed by atoms with Gasteiger partial charge in [0.15, 0.2) is 5.13 Å². The zero-order chi connectivity index (χ0) is 13.1. The van der Waals surface area contributed by atoms with Crippen LogP contribution in [0.2, 0.25) is 0 Å². The minimum absolute atomic E-state index is 0.560. The number of thiazole rings is 1. The summed E-state index contributed by atoms with van der Waals surface area (Å²) in [7, 11) is 3.27. The van der Waals surface area contributed by atoms with E-state index in [1.807, 2.05) is 18.2 Å². The normalized spacial score (nSPS) is 10.4. The van der Waals surface area contributed by atoms with Gasteiger partial charge in [-0.05, 0) is 22.0 Å². The van der Waals surface area contributed by atoms with Gasteiger partial charge >= 0.3 is 0 Å². The number of hydrogen-bond acceptors (Lipinski definition) is 5. The molecule has 18 heavy (non-hydrogen) atoms. The molecule has 4 nitrogen and oxygen atoms in total. The third-order valence-electron chi connectivity index (χ3n) is 2.52. The van der Waals surface area contributed by atoms with Gasteiger partial charge in [0.2, 0.25) is 0 Å². The molecular weight excluding hydrogens is 316 g/mol. The highest BCUT2D eigenvalue weighted by atomic mass is 79.9. The Balaban J connectivity index is 2.31. The molecule has 0 bridgehead atoms. The van der Waals surface area contributed by atoms with Crippen LogP contribution >= 0.6 is 27.3 Å². The van der Waals surface area contributed by atoms with Crippen molar-refractivity contribution in [3.63, 3.8) is 0 Å².